The first-order valence-corrected chi connectivity index (χ1v) is 5.28. The van der Waals surface area contributed by atoms with E-state index in [1.807, 2.05) is 0 Å². The maximum absolute atomic E-state index is 8.13. The minimum absolute atomic E-state index is 0.616. The van der Waals surface area contributed by atoms with Gasteiger partial charge in [-0.15, -0.1) is 0 Å². The zero-order chi connectivity index (χ0) is 6.24. The van der Waals surface area contributed by atoms with Crippen molar-refractivity contribution in [3.8, 4) is 6.07 Å². The van der Waals surface area contributed by atoms with Crippen molar-refractivity contribution < 1.29 is 0 Å². The van der Waals surface area contributed by atoms with Crippen molar-refractivity contribution in [2.75, 3.05) is 0 Å². The predicted octanol–water partition coefficient (Wildman–Crippen LogP) is 1.85. The second kappa shape index (κ2) is 7.01. The minimum atomic E-state index is 0.616. The van der Waals surface area contributed by atoms with Crippen molar-refractivity contribution in [3.63, 3.8) is 0 Å². The zero-order valence-corrected chi connectivity index (χ0v) is 6.90. The van der Waals surface area contributed by atoms with Crippen LogP contribution in [-0.2, 0) is 0 Å². The van der Waals surface area contributed by atoms with Crippen molar-refractivity contribution in [1.82, 2.24) is 0 Å². The molecule has 0 aliphatic carbocycles. The van der Waals surface area contributed by atoms with Crippen molar-refractivity contribution in [2.24, 2.45) is 0 Å². The second-order valence-corrected chi connectivity index (χ2v) is 3.88. The molecule has 0 unspecified atom stereocenters. The van der Waals surface area contributed by atoms with Gasteiger partial charge in [0.25, 0.3) is 0 Å². The van der Waals surface area contributed by atoms with Crippen LogP contribution in [0.1, 0.15) is 19.8 Å². The Morgan fingerprint density at radius 3 is 2.88 bits per heavy atom. The van der Waals surface area contributed by atoms with Crippen LogP contribution in [0.3, 0.4) is 0 Å². The van der Waals surface area contributed by atoms with E-state index in [0.29, 0.717) is 15.0 Å². The molecule has 0 aliphatic rings. The summed E-state index contributed by atoms with van der Waals surface area (Å²) in [5, 5.41) is 10.2. The fourth-order valence-electron chi connectivity index (χ4n) is 0.364. The molecule has 0 aromatic heterocycles. The molecule has 2 heteroatoms. The van der Waals surface area contributed by atoms with Crippen molar-refractivity contribution in [3.05, 3.63) is 0 Å². The van der Waals surface area contributed by atoms with E-state index >= 15 is 0 Å². The van der Waals surface area contributed by atoms with Crippen LogP contribution in [0.2, 0.25) is 10.6 Å². The normalized spacial score (nSPS) is 8.50. The van der Waals surface area contributed by atoms with Gasteiger partial charge >= 0.3 is 56.7 Å². The molecule has 46 valence electrons. The van der Waals surface area contributed by atoms with Crippen LogP contribution in [0, 0.1) is 11.3 Å². The number of nitrogens with zero attached hydrogens (tertiary/aromatic N) is 1. The maximum atomic E-state index is 8.13. The molecular weight excluding hydrogens is 165 g/mol. The van der Waals surface area contributed by atoms with Crippen LogP contribution in [-0.4, -0.2) is 15.0 Å². The topological polar surface area (TPSA) is 23.8 Å². The average molecular weight is 176 g/mol. The Morgan fingerprint density at radius 2 is 2.38 bits per heavy atom. The molecule has 1 nitrogen and oxygen atoms in total. The molecule has 0 spiro atoms. The van der Waals surface area contributed by atoms with E-state index in [-0.39, 0.29) is 0 Å². The fraction of sp³-hybridized carbons (Fsp3) is 0.833. The van der Waals surface area contributed by atoms with E-state index in [9.17, 15) is 0 Å². The number of hydrogen-bond donors (Lipinski definition) is 0. The molecule has 0 bridgehead atoms. The van der Waals surface area contributed by atoms with E-state index in [2.05, 4.69) is 13.0 Å². The van der Waals surface area contributed by atoms with Gasteiger partial charge in [0.2, 0.25) is 0 Å². The second-order valence-electron chi connectivity index (χ2n) is 1.56. The molecule has 0 saturated heterocycles. The summed E-state index contributed by atoms with van der Waals surface area (Å²) in [5.41, 5.74) is 0. The first-order chi connectivity index (χ1) is 3.91. The summed E-state index contributed by atoms with van der Waals surface area (Å²) in [6, 6.07) is 2.15. The van der Waals surface area contributed by atoms with Gasteiger partial charge in [-0.2, -0.15) is 0 Å². The van der Waals surface area contributed by atoms with E-state index < -0.39 is 0 Å². The number of hydrogen-bond acceptors (Lipinski definition) is 1. The van der Waals surface area contributed by atoms with Crippen molar-refractivity contribution in [2.45, 2.75) is 30.4 Å². The standard InChI is InChI=1S/C6H11NSe/c1-2-3-5-8-6-4-7/h2-3,5-6H2,1H3. The Balaban J connectivity index is 2.65. The molecule has 0 aromatic carbocycles. The Morgan fingerprint density at radius 1 is 1.62 bits per heavy atom. The number of nitriles is 1. The van der Waals surface area contributed by atoms with Crippen LogP contribution in [0.4, 0.5) is 0 Å². The quantitative estimate of drug-likeness (QED) is 0.473. The fourth-order valence-corrected chi connectivity index (χ4v) is 1.89. The summed E-state index contributed by atoms with van der Waals surface area (Å²) in [5.74, 6) is 0. The number of rotatable bonds is 4. The molecular formula is C6H11NSe. The molecule has 0 N–H and O–H groups in total. The van der Waals surface area contributed by atoms with Gasteiger partial charge in [-0.05, 0) is 0 Å². The van der Waals surface area contributed by atoms with Crippen LogP contribution < -0.4 is 0 Å². The van der Waals surface area contributed by atoms with Crippen LogP contribution >= 0.6 is 0 Å². The molecule has 0 radical (unpaired) electrons. The first-order valence-electron chi connectivity index (χ1n) is 2.86. The molecule has 0 atom stereocenters. The molecule has 0 fully saturated rings. The van der Waals surface area contributed by atoms with Gasteiger partial charge in [0, 0.05) is 0 Å². The van der Waals surface area contributed by atoms with Crippen LogP contribution in [0.5, 0.6) is 0 Å². The summed E-state index contributed by atoms with van der Waals surface area (Å²) in [7, 11) is 0. The molecule has 0 aliphatic heterocycles. The van der Waals surface area contributed by atoms with Gasteiger partial charge < -0.3 is 0 Å². The predicted molar refractivity (Wildman–Crippen MR) is 35.9 cm³/mol. The van der Waals surface area contributed by atoms with Crippen LogP contribution in [0.15, 0.2) is 0 Å². The summed E-state index contributed by atoms with van der Waals surface area (Å²) in [4.78, 5) is 0. The zero-order valence-electron chi connectivity index (χ0n) is 5.18. The molecule has 0 rings (SSSR count). The third kappa shape index (κ3) is 6.01. The summed E-state index contributed by atoms with van der Waals surface area (Å²) >= 11 is 0.616. The molecule has 0 heterocycles. The van der Waals surface area contributed by atoms with Gasteiger partial charge in [0.1, 0.15) is 0 Å². The molecule has 0 amide bonds. The summed E-state index contributed by atoms with van der Waals surface area (Å²) < 4.78 is 0. The molecule has 8 heavy (non-hydrogen) atoms. The Bertz CT molecular complexity index is 75.1. The van der Waals surface area contributed by atoms with Crippen molar-refractivity contribution in [1.29, 1.82) is 5.26 Å². The number of unbranched alkanes of at least 4 members (excludes halogenated alkanes) is 1. The first kappa shape index (κ1) is 8.01. The average Bonchev–Trinajstić information content (AvgIpc) is 1.81. The summed E-state index contributed by atoms with van der Waals surface area (Å²) in [6.45, 7) is 2.18. The van der Waals surface area contributed by atoms with Gasteiger partial charge in [-0.3, -0.25) is 0 Å². The van der Waals surface area contributed by atoms with E-state index in [1.165, 1.54) is 18.2 Å². The summed E-state index contributed by atoms with van der Waals surface area (Å²) in [6.07, 6.45) is 2.58. The molecule has 0 aromatic rings. The van der Waals surface area contributed by atoms with Gasteiger partial charge in [-0.25, -0.2) is 0 Å². The van der Waals surface area contributed by atoms with E-state index in [1.54, 1.807) is 0 Å². The Kier molecular flexibility index (Phi) is 7.02. The Hall–Kier alpha value is 0.00948. The third-order valence-corrected chi connectivity index (χ3v) is 2.72. The van der Waals surface area contributed by atoms with E-state index in [4.69, 9.17) is 5.26 Å². The monoisotopic (exact) mass is 177 g/mol. The third-order valence-electron chi connectivity index (χ3n) is 0.809. The van der Waals surface area contributed by atoms with Gasteiger partial charge in [0.15, 0.2) is 0 Å². The van der Waals surface area contributed by atoms with Gasteiger partial charge in [0.05, 0.1) is 0 Å². The van der Waals surface area contributed by atoms with Crippen LogP contribution in [0.25, 0.3) is 0 Å². The van der Waals surface area contributed by atoms with E-state index in [0.717, 1.165) is 5.32 Å². The van der Waals surface area contributed by atoms with Gasteiger partial charge in [-0.1, -0.05) is 0 Å². The molecule has 0 saturated carbocycles. The SMILES string of the molecule is CCCC[Se]CC#N. The Labute approximate surface area is 57.2 Å². The van der Waals surface area contributed by atoms with Crippen molar-refractivity contribution >= 4 is 15.0 Å².